The molecule has 0 aliphatic rings. The number of H-pyrrole nitrogens is 1. The minimum atomic E-state index is 0.0313. The predicted octanol–water partition coefficient (Wildman–Crippen LogP) is 2.35. The van der Waals surface area contributed by atoms with E-state index in [-0.39, 0.29) is 12.5 Å². The average Bonchev–Trinajstić information content (AvgIpc) is 3.03. The highest BCUT2D eigenvalue weighted by molar-refractivity contribution is 5.93. The summed E-state index contributed by atoms with van der Waals surface area (Å²) in [6, 6.07) is 10.1. The van der Waals surface area contributed by atoms with Gasteiger partial charge in [0, 0.05) is 30.0 Å². The number of benzene rings is 1. The lowest BCUT2D eigenvalue weighted by molar-refractivity contribution is 0.229. The molecular formula is C18H21N3O2. The molecule has 4 N–H and O–H groups in total. The number of nitrogens with zero attached hydrogens (tertiary/aromatic N) is 1. The number of hydrogen-bond donors (Lipinski definition) is 3. The summed E-state index contributed by atoms with van der Waals surface area (Å²) in [5.74, 6) is 0.849. The maximum Gasteiger partial charge on any atom is 0.137 e. The van der Waals surface area contributed by atoms with Gasteiger partial charge in [0.15, 0.2) is 0 Å². The van der Waals surface area contributed by atoms with Crippen molar-refractivity contribution < 1.29 is 9.84 Å². The van der Waals surface area contributed by atoms with E-state index in [1.165, 1.54) is 0 Å². The number of pyridine rings is 1. The number of aromatic nitrogens is 2. The molecule has 0 amide bonds. The molecule has 0 saturated heterocycles. The zero-order valence-corrected chi connectivity index (χ0v) is 13.1. The molecule has 1 aromatic carbocycles. The number of fused-ring (bicyclic) bond motifs is 1. The molecule has 3 rings (SSSR count). The van der Waals surface area contributed by atoms with Crippen LogP contribution in [0.3, 0.4) is 0 Å². The zero-order chi connectivity index (χ0) is 16.2. The third kappa shape index (κ3) is 3.06. The number of aliphatic hydroxyl groups excluding tert-OH is 1. The van der Waals surface area contributed by atoms with Gasteiger partial charge >= 0.3 is 0 Å². The van der Waals surface area contributed by atoms with E-state index in [0.717, 1.165) is 33.5 Å². The molecule has 2 aromatic heterocycles. The van der Waals surface area contributed by atoms with Crippen molar-refractivity contribution in [2.45, 2.75) is 6.42 Å². The van der Waals surface area contributed by atoms with Crippen molar-refractivity contribution >= 4 is 11.0 Å². The topological polar surface area (TPSA) is 84.2 Å². The van der Waals surface area contributed by atoms with Gasteiger partial charge in [0.05, 0.1) is 7.11 Å². The van der Waals surface area contributed by atoms with Gasteiger partial charge in [0.2, 0.25) is 0 Å². The van der Waals surface area contributed by atoms with E-state index in [9.17, 15) is 5.11 Å². The maximum atomic E-state index is 9.41. The molecular weight excluding hydrogens is 290 g/mol. The van der Waals surface area contributed by atoms with Crippen molar-refractivity contribution in [2.75, 3.05) is 20.3 Å². The Balaban J connectivity index is 2.03. The van der Waals surface area contributed by atoms with Crippen molar-refractivity contribution in [1.29, 1.82) is 0 Å². The summed E-state index contributed by atoms with van der Waals surface area (Å²) in [7, 11) is 1.66. The second-order valence-corrected chi connectivity index (χ2v) is 5.62. The summed E-state index contributed by atoms with van der Waals surface area (Å²) in [5.41, 5.74) is 9.83. The molecule has 0 fully saturated rings. The molecule has 2 heterocycles. The Bertz CT molecular complexity index is 794. The third-order valence-electron chi connectivity index (χ3n) is 4.14. The number of ether oxygens (including phenoxy) is 1. The summed E-state index contributed by atoms with van der Waals surface area (Å²) >= 11 is 0. The summed E-state index contributed by atoms with van der Waals surface area (Å²) in [6.07, 6.45) is 4.43. The third-order valence-corrected chi connectivity index (χ3v) is 4.14. The Kier molecular flexibility index (Phi) is 4.60. The lowest BCUT2D eigenvalue weighted by Gasteiger charge is -2.15. The molecule has 0 spiro atoms. The lowest BCUT2D eigenvalue weighted by Crippen LogP contribution is -2.20. The second-order valence-electron chi connectivity index (χ2n) is 5.62. The fourth-order valence-corrected chi connectivity index (χ4v) is 2.83. The highest BCUT2D eigenvalue weighted by atomic mass is 16.5. The number of aromatic amines is 1. The number of nitrogens with two attached hydrogens (primary N) is 1. The largest absolute Gasteiger partial charge is 0.496 e. The Labute approximate surface area is 135 Å². The summed E-state index contributed by atoms with van der Waals surface area (Å²) in [6.45, 7) is 0.516. The number of nitrogens with one attached hydrogen (secondary N) is 1. The second kappa shape index (κ2) is 6.81. The number of rotatable bonds is 6. The van der Waals surface area contributed by atoms with E-state index in [1.807, 2.05) is 24.4 Å². The van der Waals surface area contributed by atoms with Crippen molar-refractivity contribution in [3.8, 4) is 16.9 Å². The van der Waals surface area contributed by atoms with Crippen LogP contribution in [0.1, 0.15) is 5.56 Å². The van der Waals surface area contributed by atoms with Crippen LogP contribution in [0.25, 0.3) is 22.2 Å². The number of aliphatic hydroxyl groups is 1. The standard InChI is InChI=1S/C18H21N3O2/c1-23-17-5-4-13(8-14(17)7-12(9-19)11-22)16-10-21-18-15(16)3-2-6-20-18/h2-6,8,10,12,22H,7,9,11,19H2,1H3,(H,20,21). The minimum Gasteiger partial charge on any atom is -0.496 e. The Morgan fingerprint density at radius 3 is 2.96 bits per heavy atom. The van der Waals surface area contributed by atoms with E-state index in [1.54, 1.807) is 13.3 Å². The van der Waals surface area contributed by atoms with Crippen molar-refractivity contribution in [3.05, 3.63) is 48.3 Å². The molecule has 23 heavy (non-hydrogen) atoms. The molecule has 0 saturated carbocycles. The van der Waals surface area contributed by atoms with E-state index in [2.05, 4.69) is 22.1 Å². The molecule has 120 valence electrons. The summed E-state index contributed by atoms with van der Waals surface area (Å²) in [5, 5.41) is 10.5. The monoisotopic (exact) mass is 311 g/mol. The van der Waals surface area contributed by atoms with Crippen molar-refractivity contribution in [1.82, 2.24) is 9.97 Å². The van der Waals surface area contributed by atoms with Gasteiger partial charge in [-0.15, -0.1) is 0 Å². The van der Waals surface area contributed by atoms with Crippen LogP contribution in [0.15, 0.2) is 42.7 Å². The van der Waals surface area contributed by atoms with E-state index < -0.39 is 0 Å². The van der Waals surface area contributed by atoms with Crippen LogP contribution in [-0.2, 0) is 6.42 Å². The fraction of sp³-hybridized carbons (Fsp3) is 0.278. The molecule has 0 aliphatic carbocycles. The Morgan fingerprint density at radius 1 is 1.35 bits per heavy atom. The summed E-state index contributed by atoms with van der Waals surface area (Å²) < 4.78 is 5.45. The van der Waals surface area contributed by atoms with Crippen LogP contribution in [0.2, 0.25) is 0 Å². The predicted molar refractivity (Wildman–Crippen MR) is 91.4 cm³/mol. The normalized spacial score (nSPS) is 12.5. The van der Waals surface area contributed by atoms with Crippen molar-refractivity contribution in [3.63, 3.8) is 0 Å². The van der Waals surface area contributed by atoms with Gasteiger partial charge in [-0.1, -0.05) is 6.07 Å². The molecule has 5 heteroatoms. The number of hydrogen-bond acceptors (Lipinski definition) is 4. The smallest absolute Gasteiger partial charge is 0.137 e. The maximum absolute atomic E-state index is 9.41. The van der Waals surface area contributed by atoms with Crippen LogP contribution in [-0.4, -0.2) is 35.3 Å². The van der Waals surface area contributed by atoms with Gasteiger partial charge in [-0.05, 0) is 54.3 Å². The van der Waals surface area contributed by atoms with Gasteiger partial charge in [-0.3, -0.25) is 0 Å². The summed E-state index contributed by atoms with van der Waals surface area (Å²) in [4.78, 5) is 7.52. The molecule has 5 nitrogen and oxygen atoms in total. The van der Waals surface area contributed by atoms with Crippen LogP contribution in [0, 0.1) is 5.92 Å². The number of methoxy groups -OCH3 is 1. The first-order valence-electron chi connectivity index (χ1n) is 7.67. The van der Waals surface area contributed by atoms with Gasteiger partial charge in [0.1, 0.15) is 11.4 Å². The van der Waals surface area contributed by atoms with Gasteiger partial charge in [0.25, 0.3) is 0 Å². The minimum absolute atomic E-state index is 0.0313. The SMILES string of the molecule is COc1ccc(-c2c[nH]c3ncccc23)cc1CC(CN)CO. The molecule has 0 radical (unpaired) electrons. The van der Waals surface area contributed by atoms with E-state index >= 15 is 0 Å². The van der Waals surface area contributed by atoms with Crippen LogP contribution in [0.5, 0.6) is 5.75 Å². The molecule has 0 bridgehead atoms. The highest BCUT2D eigenvalue weighted by Gasteiger charge is 2.13. The molecule has 0 aliphatic heterocycles. The van der Waals surface area contributed by atoms with E-state index in [4.69, 9.17) is 10.5 Å². The lowest BCUT2D eigenvalue weighted by atomic mass is 9.95. The van der Waals surface area contributed by atoms with Gasteiger partial charge in [-0.2, -0.15) is 0 Å². The first-order chi connectivity index (χ1) is 11.3. The first-order valence-corrected chi connectivity index (χ1v) is 7.67. The zero-order valence-electron chi connectivity index (χ0n) is 13.1. The Morgan fingerprint density at radius 2 is 2.22 bits per heavy atom. The van der Waals surface area contributed by atoms with E-state index in [0.29, 0.717) is 13.0 Å². The average molecular weight is 311 g/mol. The van der Waals surface area contributed by atoms with Crippen molar-refractivity contribution in [2.24, 2.45) is 11.7 Å². The highest BCUT2D eigenvalue weighted by Crippen LogP contribution is 2.32. The van der Waals surface area contributed by atoms with Crippen LogP contribution >= 0.6 is 0 Å². The first kappa shape index (κ1) is 15.5. The van der Waals surface area contributed by atoms with Gasteiger partial charge in [-0.25, -0.2) is 4.98 Å². The quantitative estimate of drug-likeness (QED) is 0.652. The fourth-order valence-electron chi connectivity index (χ4n) is 2.83. The molecule has 1 unspecified atom stereocenters. The van der Waals surface area contributed by atoms with Crippen LogP contribution < -0.4 is 10.5 Å². The Hall–Kier alpha value is -2.37. The van der Waals surface area contributed by atoms with Gasteiger partial charge < -0.3 is 20.6 Å². The molecule has 1 atom stereocenters. The van der Waals surface area contributed by atoms with Crippen LogP contribution in [0.4, 0.5) is 0 Å². The molecule has 3 aromatic rings.